The van der Waals surface area contributed by atoms with Crippen molar-refractivity contribution in [3.63, 3.8) is 0 Å². The van der Waals surface area contributed by atoms with Crippen LogP contribution in [0.15, 0.2) is 0 Å². The fourth-order valence-electron chi connectivity index (χ4n) is 1.46. The van der Waals surface area contributed by atoms with Crippen LogP contribution >= 0.6 is 0 Å². The fraction of sp³-hybridized carbons (Fsp3) is 0.857. The van der Waals surface area contributed by atoms with Crippen molar-refractivity contribution in [1.29, 1.82) is 0 Å². The van der Waals surface area contributed by atoms with Gasteiger partial charge in [-0.15, -0.1) is 0 Å². The van der Waals surface area contributed by atoms with E-state index in [-0.39, 0.29) is 11.4 Å². The molecule has 2 aliphatic rings. The molecule has 0 bridgehead atoms. The third-order valence-electron chi connectivity index (χ3n) is 2.32. The van der Waals surface area contributed by atoms with Gasteiger partial charge in [0.05, 0.1) is 6.54 Å². The molecule has 1 heterocycles. The fourth-order valence-corrected chi connectivity index (χ4v) is 1.46. The molecule has 1 aliphatic heterocycles. The van der Waals surface area contributed by atoms with Crippen LogP contribution in [-0.2, 0) is 4.79 Å². The summed E-state index contributed by atoms with van der Waals surface area (Å²) >= 11 is 0. The first-order valence-corrected chi connectivity index (χ1v) is 3.83. The summed E-state index contributed by atoms with van der Waals surface area (Å²) in [5.74, 6) is 0.162. The highest BCUT2D eigenvalue weighted by Gasteiger charge is 2.44. The van der Waals surface area contributed by atoms with E-state index in [2.05, 4.69) is 10.6 Å². The van der Waals surface area contributed by atoms with Gasteiger partial charge in [-0.1, -0.05) is 0 Å². The minimum Gasteiger partial charge on any atom is -0.350 e. The minimum atomic E-state index is 0.162. The van der Waals surface area contributed by atoms with E-state index in [9.17, 15) is 4.79 Å². The Labute approximate surface area is 60.2 Å². The normalized spacial score (nSPS) is 29.4. The number of rotatable bonds is 0. The summed E-state index contributed by atoms with van der Waals surface area (Å²) in [6.07, 6.45) is 3.47. The molecule has 0 aromatic heterocycles. The average Bonchev–Trinajstić information content (AvgIpc) is 2.64. The molecule has 10 heavy (non-hydrogen) atoms. The molecular weight excluding hydrogens is 128 g/mol. The molecule has 0 aromatic carbocycles. The van der Waals surface area contributed by atoms with Crippen LogP contribution in [0, 0.1) is 0 Å². The molecular formula is C7H12N2O. The summed E-state index contributed by atoms with van der Waals surface area (Å²) in [5.41, 5.74) is 0.223. The van der Waals surface area contributed by atoms with Gasteiger partial charge in [0.1, 0.15) is 0 Å². The first-order chi connectivity index (χ1) is 4.81. The SMILES string of the molecule is O=C1CNCCC2(CC2)N1. The molecule has 56 valence electrons. The Morgan fingerprint density at radius 1 is 1.30 bits per heavy atom. The predicted molar refractivity (Wildman–Crippen MR) is 37.6 cm³/mol. The predicted octanol–water partition coefficient (Wildman–Crippen LogP) is -0.372. The van der Waals surface area contributed by atoms with Crippen molar-refractivity contribution in [2.75, 3.05) is 13.1 Å². The lowest BCUT2D eigenvalue weighted by Gasteiger charge is -2.11. The molecule has 1 spiro atoms. The van der Waals surface area contributed by atoms with Gasteiger partial charge in [0.15, 0.2) is 0 Å². The van der Waals surface area contributed by atoms with Crippen LogP contribution in [0.5, 0.6) is 0 Å². The highest BCUT2D eigenvalue weighted by molar-refractivity contribution is 5.79. The summed E-state index contributed by atoms with van der Waals surface area (Å²) in [5, 5.41) is 6.11. The topological polar surface area (TPSA) is 41.1 Å². The summed E-state index contributed by atoms with van der Waals surface area (Å²) < 4.78 is 0. The lowest BCUT2D eigenvalue weighted by atomic mass is 10.2. The molecule has 2 N–H and O–H groups in total. The molecule has 0 radical (unpaired) electrons. The van der Waals surface area contributed by atoms with E-state index < -0.39 is 0 Å². The van der Waals surface area contributed by atoms with E-state index in [1.54, 1.807) is 0 Å². The first kappa shape index (κ1) is 6.16. The van der Waals surface area contributed by atoms with E-state index in [1.165, 1.54) is 12.8 Å². The summed E-state index contributed by atoms with van der Waals surface area (Å²) in [7, 11) is 0. The van der Waals surface area contributed by atoms with Crippen LogP contribution in [0.2, 0.25) is 0 Å². The Hall–Kier alpha value is -0.570. The van der Waals surface area contributed by atoms with Gasteiger partial charge in [-0.25, -0.2) is 0 Å². The Kier molecular flexibility index (Phi) is 1.20. The van der Waals surface area contributed by atoms with E-state index in [4.69, 9.17) is 0 Å². The van der Waals surface area contributed by atoms with Gasteiger partial charge >= 0.3 is 0 Å². The Bertz CT molecular complexity index is 163. The summed E-state index contributed by atoms with van der Waals surface area (Å²) in [6.45, 7) is 1.49. The van der Waals surface area contributed by atoms with Crippen LogP contribution in [0.1, 0.15) is 19.3 Å². The molecule has 0 aromatic rings. The molecule has 1 saturated heterocycles. The zero-order valence-electron chi connectivity index (χ0n) is 5.94. The summed E-state index contributed by atoms with van der Waals surface area (Å²) in [4.78, 5) is 11.0. The Balaban J connectivity index is 2.03. The zero-order valence-corrected chi connectivity index (χ0v) is 5.94. The van der Waals surface area contributed by atoms with E-state index >= 15 is 0 Å². The number of carbonyl (C=O) groups excluding carboxylic acids is 1. The van der Waals surface area contributed by atoms with Crippen LogP contribution in [-0.4, -0.2) is 24.5 Å². The standard InChI is InChI=1S/C7H12N2O/c10-6-5-8-4-3-7(9-6)1-2-7/h8H,1-5H2,(H,9,10). The van der Waals surface area contributed by atoms with Gasteiger partial charge in [-0.2, -0.15) is 0 Å². The van der Waals surface area contributed by atoms with Crippen molar-refractivity contribution < 1.29 is 4.79 Å². The highest BCUT2D eigenvalue weighted by atomic mass is 16.2. The maximum atomic E-state index is 11.0. The minimum absolute atomic E-state index is 0.162. The maximum Gasteiger partial charge on any atom is 0.234 e. The number of nitrogens with one attached hydrogen (secondary N) is 2. The number of hydrogen-bond donors (Lipinski definition) is 2. The zero-order chi connectivity index (χ0) is 7.03. The Morgan fingerprint density at radius 3 is 2.80 bits per heavy atom. The lowest BCUT2D eigenvalue weighted by molar-refractivity contribution is -0.120. The molecule has 3 nitrogen and oxygen atoms in total. The van der Waals surface area contributed by atoms with Crippen LogP contribution < -0.4 is 10.6 Å². The Morgan fingerprint density at radius 2 is 2.10 bits per heavy atom. The van der Waals surface area contributed by atoms with Crippen molar-refractivity contribution in [3.8, 4) is 0 Å². The van der Waals surface area contributed by atoms with Crippen molar-refractivity contribution in [3.05, 3.63) is 0 Å². The molecule has 1 amide bonds. The maximum absolute atomic E-state index is 11.0. The number of amides is 1. The van der Waals surface area contributed by atoms with E-state index in [0.29, 0.717) is 6.54 Å². The van der Waals surface area contributed by atoms with Gasteiger partial charge in [-0.05, 0) is 25.8 Å². The van der Waals surface area contributed by atoms with Gasteiger partial charge in [0.2, 0.25) is 5.91 Å². The van der Waals surface area contributed by atoms with Gasteiger partial charge in [0.25, 0.3) is 0 Å². The molecule has 2 rings (SSSR count). The first-order valence-electron chi connectivity index (χ1n) is 3.83. The second-order valence-corrected chi connectivity index (χ2v) is 3.26. The second-order valence-electron chi connectivity index (χ2n) is 3.26. The highest BCUT2D eigenvalue weighted by Crippen LogP contribution is 2.38. The third kappa shape index (κ3) is 1.01. The number of carbonyl (C=O) groups is 1. The smallest absolute Gasteiger partial charge is 0.234 e. The van der Waals surface area contributed by atoms with Crippen molar-refractivity contribution in [1.82, 2.24) is 10.6 Å². The van der Waals surface area contributed by atoms with Crippen molar-refractivity contribution in [2.24, 2.45) is 0 Å². The lowest BCUT2D eigenvalue weighted by Crippen LogP contribution is -2.37. The van der Waals surface area contributed by atoms with Crippen molar-refractivity contribution >= 4 is 5.91 Å². The molecule has 2 fully saturated rings. The van der Waals surface area contributed by atoms with E-state index in [0.717, 1.165) is 13.0 Å². The molecule has 3 heteroatoms. The molecule has 0 atom stereocenters. The van der Waals surface area contributed by atoms with Crippen molar-refractivity contribution in [2.45, 2.75) is 24.8 Å². The van der Waals surface area contributed by atoms with Crippen LogP contribution in [0.4, 0.5) is 0 Å². The second kappa shape index (κ2) is 1.95. The molecule has 1 aliphatic carbocycles. The van der Waals surface area contributed by atoms with Crippen LogP contribution in [0.25, 0.3) is 0 Å². The largest absolute Gasteiger partial charge is 0.350 e. The average molecular weight is 140 g/mol. The van der Waals surface area contributed by atoms with Gasteiger partial charge in [-0.3, -0.25) is 4.79 Å². The third-order valence-corrected chi connectivity index (χ3v) is 2.32. The van der Waals surface area contributed by atoms with Crippen LogP contribution in [0.3, 0.4) is 0 Å². The molecule has 1 saturated carbocycles. The van der Waals surface area contributed by atoms with Gasteiger partial charge < -0.3 is 10.6 Å². The van der Waals surface area contributed by atoms with Gasteiger partial charge in [0, 0.05) is 5.54 Å². The monoisotopic (exact) mass is 140 g/mol. The van der Waals surface area contributed by atoms with E-state index in [1.807, 2.05) is 0 Å². The summed E-state index contributed by atoms with van der Waals surface area (Å²) in [6, 6.07) is 0. The number of hydrogen-bond acceptors (Lipinski definition) is 2. The quantitative estimate of drug-likeness (QED) is 0.482. The molecule has 0 unspecified atom stereocenters.